The zero-order valence-corrected chi connectivity index (χ0v) is 12.8. The number of urea groups is 1. The lowest BCUT2D eigenvalue weighted by Crippen LogP contribution is -2.32. The number of hydrogen-bond donors (Lipinski definition) is 1. The molecule has 1 fully saturated rings. The van der Waals surface area contributed by atoms with Gasteiger partial charge < -0.3 is 5.32 Å². The molecule has 1 heterocycles. The number of rotatable bonds is 5. The molecule has 1 N–H and O–H groups in total. The van der Waals surface area contributed by atoms with Crippen LogP contribution in [0.1, 0.15) is 17.5 Å². The predicted molar refractivity (Wildman–Crippen MR) is 78.4 cm³/mol. The fourth-order valence-electron chi connectivity index (χ4n) is 2.12. The Morgan fingerprint density at radius 2 is 1.91 bits per heavy atom. The van der Waals surface area contributed by atoms with Gasteiger partial charge in [-0.3, -0.25) is 9.69 Å². The Morgan fingerprint density at radius 3 is 2.45 bits per heavy atom. The number of amides is 3. The van der Waals surface area contributed by atoms with E-state index in [0.29, 0.717) is 11.1 Å². The first-order valence-corrected chi connectivity index (χ1v) is 8.65. The molecule has 0 aliphatic carbocycles. The first-order chi connectivity index (χ1) is 10.3. The lowest BCUT2D eigenvalue weighted by atomic mass is 10.1. The molecule has 1 aliphatic rings. The minimum Gasteiger partial charge on any atom is -0.326 e. The minimum atomic E-state index is -3.19. The van der Waals surface area contributed by atoms with Crippen LogP contribution in [0.4, 0.5) is 4.79 Å². The molecule has 7 nitrogen and oxygen atoms in total. The first-order valence-electron chi connectivity index (χ1n) is 6.59. The number of carbonyl (C=O) groups excluding carboxylic acids is 2. The molecule has 1 aromatic rings. The maximum Gasteiger partial charge on any atom is 0.325 e. The Bertz CT molecular complexity index is 734. The van der Waals surface area contributed by atoms with Gasteiger partial charge in [0.1, 0.15) is 15.9 Å². The fourth-order valence-corrected chi connectivity index (χ4v) is 2.79. The third kappa shape index (κ3) is 3.83. The summed E-state index contributed by atoms with van der Waals surface area (Å²) in [6.07, 6.45) is 1.15. The molecule has 3 amide bonds. The molecule has 0 aromatic heterocycles. The highest BCUT2D eigenvalue weighted by atomic mass is 32.2. The van der Waals surface area contributed by atoms with E-state index in [1.54, 1.807) is 24.3 Å². The molecule has 1 unspecified atom stereocenters. The summed E-state index contributed by atoms with van der Waals surface area (Å²) >= 11 is 0. The quantitative estimate of drug-likeness (QED) is 0.791. The van der Waals surface area contributed by atoms with Gasteiger partial charge >= 0.3 is 6.03 Å². The van der Waals surface area contributed by atoms with Gasteiger partial charge in [0.05, 0.1) is 23.9 Å². The van der Waals surface area contributed by atoms with E-state index in [2.05, 4.69) is 5.32 Å². The van der Waals surface area contributed by atoms with Gasteiger partial charge in [0.2, 0.25) is 0 Å². The third-order valence-electron chi connectivity index (χ3n) is 3.31. The fraction of sp³-hybridized carbons (Fsp3) is 0.357. The molecule has 22 heavy (non-hydrogen) atoms. The van der Waals surface area contributed by atoms with Gasteiger partial charge in [-0.15, -0.1) is 0 Å². The molecule has 116 valence electrons. The van der Waals surface area contributed by atoms with Gasteiger partial charge in [-0.05, 0) is 24.1 Å². The van der Waals surface area contributed by atoms with E-state index in [1.807, 2.05) is 6.07 Å². The molecule has 0 bridgehead atoms. The van der Waals surface area contributed by atoms with Crippen molar-refractivity contribution in [3.63, 3.8) is 0 Å². The molecule has 0 saturated carbocycles. The van der Waals surface area contributed by atoms with Crippen LogP contribution < -0.4 is 5.32 Å². The second-order valence-corrected chi connectivity index (χ2v) is 7.41. The van der Waals surface area contributed by atoms with Gasteiger partial charge in [-0.25, -0.2) is 13.2 Å². The van der Waals surface area contributed by atoms with E-state index in [4.69, 9.17) is 5.26 Å². The molecule has 0 spiro atoms. The summed E-state index contributed by atoms with van der Waals surface area (Å²) in [5.74, 6) is -0.591. The van der Waals surface area contributed by atoms with Crippen molar-refractivity contribution in [2.24, 2.45) is 0 Å². The number of benzene rings is 1. The molecule has 2 rings (SSSR count). The largest absolute Gasteiger partial charge is 0.326 e. The van der Waals surface area contributed by atoms with Crippen molar-refractivity contribution in [3.05, 3.63) is 35.4 Å². The molecular weight excluding hydrogens is 306 g/mol. The summed E-state index contributed by atoms with van der Waals surface area (Å²) in [6.45, 7) is 0.0890. The van der Waals surface area contributed by atoms with Crippen molar-refractivity contribution in [2.75, 3.05) is 12.0 Å². The average Bonchev–Trinajstić information content (AvgIpc) is 2.73. The van der Waals surface area contributed by atoms with Crippen LogP contribution in [-0.2, 0) is 21.2 Å². The first kappa shape index (κ1) is 16.0. The van der Waals surface area contributed by atoms with Gasteiger partial charge in [0, 0.05) is 6.26 Å². The number of sulfone groups is 1. The number of nitriles is 1. The number of hydrogen-bond acceptors (Lipinski definition) is 5. The SMILES string of the molecule is CS(=O)(=O)CCC1NC(=O)N(Cc2ccc(C#N)cc2)C1=O. The van der Waals surface area contributed by atoms with E-state index in [0.717, 1.165) is 11.2 Å². The number of imide groups is 1. The van der Waals surface area contributed by atoms with Crippen molar-refractivity contribution >= 4 is 21.8 Å². The highest BCUT2D eigenvalue weighted by molar-refractivity contribution is 7.90. The van der Waals surface area contributed by atoms with Crippen molar-refractivity contribution in [1.82, 2.24) is 10.2 Å². The Labute approximate surface area is 128 Å². The summed E-state index contributed by atoms with van der Waals surface area (Å²) in [5, 5.41) is 11.2. The summed E-state index contributed by atoms with van der Waals surface area (Å²) in [5.41, 5.74) is 1.21. The van der Waals surface area contributed by atoms with Gasteiger partial charge in [-0.2, -0.15) is 5.26 Å². The van der Waals surface area contributed by atoms with E-state index >= 15 is 0 Å². The molecule has 1 aliphatic heterocycles. The molecular formula is C14H15N3O4S. The number of carbonyl (C=O) groups is 2. The smallest absolute Gasteiger partial charge is 0.325 e. The summed E-state index contributed by atoms with van der Waals surface area (Å²) in [6, 6.07) is 7.20. The van der Waals surface area contributed by atoms with Crippen LogP contribution in [0.25, 0.3) is 0 Å². The standard InChI is InChI=1S/C14H15N3O4S/c1-22(20,21)7-6-12-13(18)17(14(19)16-12)9-11-4-2-10(8-15)3-5-11/h2-5,12H,6-7,9H2,1H3,(H,16,19). The van der Waals surface area contributed by atoms with Gasteiger partial charge in [-0.1, -0.05) is 12.1 Å². The summed E-state index contributed by atoms with van der Waals surface area (Å²) in [4.78, 5) is 25.0. The molecule has 1 saturated heterocycles. The van der Waals surface area contributed by atoms with Crippen molar-refractivity contribution in [2.45, 2.75) is 19.0 Å². The van der Waals surface area contributed by atoms with E-state index in [1.165, 1.54) is 0 Å². The van der Waals surface area contributed by atoms with Crippen molar-refractivity contribution < 1.29 is 18.0 Å². The van der Waals surface area contributed by atoms with E-state index < -0.39 is 27.8 Å². The molecule has 1 aromatic carbocycles. The van der Waals surface area contributed by atoms with E-state index in [9.17, 15) is 18.0 Å². The van der Waals surface area contributed by atoms with Gasteiger partial charge in [0.15, 0.2) is 0 Å². The molecule has 1 atom stereocenters. The van der Waals surface area contributed by atoms with Crippen LogP contribution in [0.3, 0.4) is 0 Å². The second-order valence-electron chi connectivity index (χ2n) is 5.15. The Morgan fingerprint density at radius 1 is 1.27 bits per heavy atom. The van der Waals surface area contributed by atoms with Crippen molar-refractivity contribution in [3.8, 4) is 6.07 Å². The van der Waals surface area contributed by atoms with Gasteiger partial charge in [0.25, 0.3) is 5.91 Å². The van der Waals surface area contributed by atoms with Crippen molar-refractivity contribution in [1.29, 1.82) is 5.26 Å². The number of nitrogens with zero attached hydrogens (tertiary/aromatic N) is 2. The summed E-state index contributed by atoms with van der Waals surface area (Å²) < 4.78 is 22.3. The molecule has 0 radical (unpaired) electrons. The average molecular weight is 321 g/mol. The Kier molecular flexibility index (Phi) is 4.47. The van der Waals surface area contributed by atoms with E-state index in [-0.39, 0.29) is 18.7 Å². The maximum absolute atomic E-state index is 12.2. The van der Waals surface area contributed by atoms with Crippen LogP contribution in [0.2, 0.25) is 0 Å². The second kappa shape index (κ2) is 6.15. The molecule has 8 heteroatoms. The Hall–Kier alpha value is -2.40. The highest BCUT2D eigenvalue weighted by Gasteiger charge is 2.37. The Balaban J connectivity index is 2.04. The third-order valence-corrected chi connectivity index (χ3v) is 4.29. The zero-order valence-electron chi connectivity index (χ0n) is 11.9. The highest BCUT2D eigenvalue weighted by Crippen LogP contribution is 2.15. The number of nitrogens with one attached hydrogen (secondary N) is 1. The predicted octanol–water partition coefficient (Wildman–Crippen LogP) is 0.413. The topological polar surface area (TPSA) is 107 Å². The summed E-state index contributed by atoms with van der Waals surface area (Å²) in [7, 11) is -3.19. The van der Waals surface area contributed by atoms with Crippen LogP contribution in [-0.4, -0.2) is 43.3 Å². The van der Waals surface area contributed by atoms with Crippen LogP contribution in [0.15, 0.2) is 24.3 Å². The van der Waals surface area contributed by atoms with Crippen LogP contribution in [0.5, 0.6) is 0 Å². The zero-order chi connectivity index (χ0) is 16.3. The lowest BCUT2D eigenvalue weighted by molar-refractivity contribution is -0.127. The normalized spacial score (nSPS) is 18.2. The van der Waals surface area contributed by atoms with Crippen LogP contribution in [0, 0.1) is 11.3 Å². The van der Waals surface area contributed by atoms with Crippen LogP contribution >= 0.6 is 0 Å². The minimum absolute atomic E-state index is 0.0628. The lowest BCUT2D eigenvalue weighted by Gasteiger charge is -2.13. The monoisotopic (exact) mass is 321 g/mol. The maximum atomic E-state index is 12.2.